The van der Waals surface area contributed by atoms with Crippen molar-refractivity contribution in [1.29, 1.82) is 0 Å². The van der Waals surface area contributed by atoms with Crippen molar-refractivity contribution in [1.82, 2.24) is 9.97 Å². The predicted molar refractivity (Wildman–Crippen MR) is 98.7 cm³/mol. The van der Waals surface area contributed by atoms with Gasteiger partial charge in [0.2, 0.25) is 5.95 Å². The number of nitro groups is 1. The van der Waals surface area contributed by atoms with Crippen LogP contribution in [0, 0.1) is 10.1 Å². The summed E-state index contributed by atoms with van der Waals surface area (Å²) >= 11 is 5.93. The van der Waals surface area contributed by atoms with Gasteiger partial charge in [-0.3, -0.25) is 10.1 Å². The fourth-order valence-electron chi connectivity index (χ4n) is 2.40. The second-order valence-electron chi connectivity index (χ2n) is 5.34. The average Bonchev–Trinajstić information content (AvgIpc) is 2.61. The van der Waals surface area contributed by atoms with E-state index < -0.39 is 4.92 Å². The van der Waals surface area contributed by atoms with Gasteiger partial charge in [-0.05, 0) is 29.8 Å². The Morgan fingerprint density at radius 1 is 1.04 bits per heavy atom. The summed E-state index contributed by atoms with van der Waals surface area (Å²) in [6, 6.07) is 12.8. The molecule has 0 spiro atoms. The zero-order chi connectivity index (χ0) is 18.7. The first-order chi connectivity index (χ1) is 12.4. The van der Waals surface area contributed by atoms with Gasteiger partial charge in [0, 0.05) is 22.7 Å². The van der Waals surface area contributed by atoms with E-state index in [4.69, 9.17) is 27.8 Å². The van der Waals surface area contributed by atoms with Crippen molar-refractivity contribution in [3.05, 3.63) is 69.4 Å². The fraction of sp³-hybridized carbons (Fsp3) is 0.0588. The summed E-state index contributed by atoms with van der Waals surface area (Å²) in [5.74, 6) is 0.707. The highest BCUT2D eigenvalue weighted by Gasteiger charge is 2.15. The zero-order valence-electron chi connectivity index (χ0n) is 13.4. The Morgan fingerprint density at radius 2 is 1.69 bits per heavy atom. The molecule has 3 aromatic rings. The predicted octanol–water partition coefficient (Wildman–Crippen LogP) is 3.45. The number of ether oxygens (including phenoxy) is 1. The normalized spacial score (nSPS) is 10.5. The van der Waals surface area contributed by atoms with Crippen LogP contribution in [-0.2, 0) is 6.61 Å². The summed E-state index contributed by atoms with van der Waals surface area (Å²) in [4.78, 5) is 18.4. The highest BCUT2D eigenvalue weighted by atomic mass is 35.5. The Hall–Kier alpha value is -3.39. The Kier molecular flexibility index (Phi) is 4.85. The van der Waals surface area contributed by atoms with Gasteiger partial charge in [-0.25, -0.2) is 4.98 Å². The van der Waals surface area contributed by atoms with Gasteiger partial charge in [0.1, 0.15) is 18.2 Å². The number of non-ortho nitro benzene ring substituents is 1. The summed E-state index contributed by atoms with van der Waals surface area (Å²) < 4.78 is 5.67. The van der Waals surface area contributed by atoms with E-state index >= 15 is 0 Å². The minimum absolute atomic E-state index is 0.0188. The van der Waals surface area contributed by atoms with E-state index in [0.29, 0.717) is 22.0 Å². The molecule has 1 aromatic heterocycles. The summed E-state index contributed by atoms with van der Waals surface area (Å²) in [7, 11) is 0. The molecular formula is C17H14ClN5O3. The molecule has 132 valence electrons. The quantitative estimate of drug-likeness (QED) is 0.518. The number of hydrogen-bond acceptors (Lipinski definition) is 7. The Labute approximate surface area is 153 Å². The third kappa shape index (κ3) is 3.81. The number of nitrogens with two attached hydrogens (primary N) is 2. The Balaban J connectivity index is 1.89. The number of halogens is 1. The molecule has 3 rings (SSSR count). The first-order valence-corrected chi connectivity index (χ1v) is 7.87. The van der Waals surface area contributed by atoms with Gasteiger partial charge in [0.15, 0.2) is 0 Å². The molecule has 0 atom stereocenters. The maximum atomic E-state index is 10.7. The number of aromatic nitrogens is 2. The number of benzene rings is 2. The summed E-state index contributed by atoms with van der Waals surface area (Å²) in [5, 5.41) is 11.3. The zero-order valence-corrected chi connectivity index (χ0v) is 14.2. The molecule has 0 saturated heterocycles. The topological polar surface area (TPSA) is 130 Å². The number of nitrogen functional groups attached to an aromatic ring is 2. The monoisotopic (exact) mass is 371 g/mol. The minimum atomic E-state index is -0.478. The van der Waals surface area contributed by atoms with Crippen LogP contribution < -0.4 is 16.2 Å². The molecule has 0 amide bonds. The molecule has 0 aliphatic rings. The molecule has 2 aromatic carbocycles. The molecule has 8 nitrogen and oxygen atoms in total. The van der Waals surface area contributed by atoms with Crippen LogP contribution in [0.3, 0.4) is 0 Å². The number of hydrogen-bond donors (Lipinski definition) is 2. The SMILES string of the molecule is Nc1nc(N)c(-c2ccc(Cl)cc2)c(COc2ccc([N+](=O)[O-])cc2)n1. The molecule has 1 heterocycles. The fourth-order valence-corrected chi connectivity index (χ4v) is 2.52. The van der Waals surface area contributed by atoms with Crippen LogP contribution in [0.1, 0.15) is 5.69 Å². The standard InChI is InChI=1S/C17H14ClN5O3/c18-11-3-1-10(2-4-11)15-14(21-17(20)22-16(15)19)9-26-13-7-5-12(6-8-13)23(24)25/h1-8H,9H2,(H4,19,20,21,22). The van der Waals surface area contributed by atoms with E-state index in [1.807, 2.05) is 0 Å². The van der Waals surface area contributed by atoms with Crippen LogP contribution in [0.4, 0.5) is 17.5 Å². The van der Waals surface area contributed by atoms with Gasteiger partial charge in [-0.2, -0.15) is 4.98 Å². The molecule has 0 bridgehead atoms. The molecule has 0 radical (unpaired) electrons. The summed E-state index contributed by atoms with van der Waals surface area (Å²) in [6.07, 6.45) is 0. The molecule has 4 N–H and O–H groups in total. The lowest BCUT2D eigenvalue weighted by molar-refractivity contribution is -0.384. The third-order valence-corrected chi connectivity index (χ3v) is 3.84. The lowest BCUT2D eigenvalue weighted by atomic mass is 10.0. The number of nitro benzene ring substituents is 1. The lowest BCUT2D eigenvalue weighted by Crippen LogP contribution is -2.09. The van der Waals surface area contributed by atoms with Crippen LogP contribution in [0.5, 0.6) is 5.75 Å². The van der Waals surface area contributed by atoms with E-state index in [2.05, 4.69) is 9.97 Å². The van der Waals surface area contributed by atoms with Gasteiger partial charge in [-0.1, -0.05) is 23.7 Å². The van der Waals surface area contributed by atoms with Gasteiger partial charge in [0.05, 0.1) is 10.6 Å². The molecule has 0 aliphatic carbocycles. The van der Waals surface area contributed by atoms with Crippen molar-refractivity contribution in [2.75, 3.05) is 11.5 Å². The maximum absolute atomic E-state index is 10.7. The largest absolute Gasteiger partial charge is 0.487 e. The van der Waals surface area contributed by atoms with E-state index in [9.17, 15) is 10.1 Å². The van der Waals surface area contributed by atoms with Crippen molar-refractivity contribution < 1.29 is 9.66 Å². The van der Waals surface area contributed by atoms with Crippen molar-refractivity contribution in [2.45, 2.75) is 6.61 Å². The first kappa shape index (κ1) is 17.4. The van der Waals surface area contributed by atoms with E-state index in [1.54, 1.807) is 24.3 Å². The highest BCUT2D eigenvalue weighted by Crippen LogP contribution is 2.30. The number of rotatable bonds is 5. The van der Waals surface area contributed by atoms with Crippen LogP contribution in [0.25, 0.3) is 11.1 Å². The smallest absolute Gasteiger partial charge is 0.269 e. The highest BCUT2D eigenvalue weighted by molar-refractivity contribution is 6.30. The number of anilines is 2. The van der Waals surface area contributed by atoms with E-state index in [0.717, 1.165) is 5.56 Å². The molecule has 0 fully saturated rings. The Morgan fingerprint density at radius 3 is 2.31 bits per heavy atom. The summed E-state index contributed by atoms with van der Waals surface area (Å²) in [5.41, 5.74) is 13.6. The lowest BCUT2D eigenvalue weighted by Gasteiger charge is -2.13. The second kappa shape index (κ2) is 7.24. The third-order valence-electron chi connectivity index (χ3n) is 3.59. The van der Waals surface area contributed by atoms with Crippen molar-refractivity contribution in [3.8, 4) is 16.9 Å². The van der Waals surface area contributed by atoms with Gasteiger partial charge >= 0.3 is 0 Å². The number of nitrogens with zero attached hydrogens (tertiary/aromatic N) is 3. The van der Waals surface area contributed by atoms with Crippen molar-refractivity contribution in [3.63, 3.8) is 0 Å². The molecule has 0 saturated carbocycles. The molecular weight excluding hydrogens is 358 g/mol. The van der Waals surface area contributed by atoms with Crippen molar-refractivity contribution >= 4 is 29.1 Å². The van der Waals surface area contributed by atoms with Crippen LogP contribution in [-0.4, -0.2) is 14.9 Å². The van der Waals surface area contributed by atoms with Crippen LogP contribution in [0.15, 0.2) is 48.5 Å². The maximum Gasteiger partial charge on any atom is 0.269 e. The van der Waals surface area contributed by atoms with Gasteiger partial charge in [-0.15, -0.1) is 0 Å². The first-order valence-electron chi connectivity index (χ1n) is 7.49. The Bertz CT molecular complexity index is 946. The van der Waals surface area contributed by atoms with Crippen LogP contribution >= 0.6 is 11.6 Å². The second-order valence-corrected chi connectivity index (χ2v) is 5.77. The van der Waals surface area contributed by atoms with Crippen molar-refractivity contribution in [2.24, 2.45) is 0 Å². The minimum Gasteiger partial charge on any atom is -0.487 e. The molecule has 26 heavy (non-hydrogen) atoms. The molecule has 9 heteroatoms. The summed E-state index contributed by atoms with van der Waals surface area (Å²) in [6.45, 7) is 0.0622. The van der Waals surface area contributed by atoms with E-state index in [-0.39, 0.29) is 24.1 Å². The van der Waals surface area contributed by atoms with Crippen LogP contribution in [0.2, 0.25) is 5.02 Å². The molecule has 0 unspecified atom stereocenters. The molecule has 0 aliphatic heterocycles. The van der Waals surface area contributed by atoms with Gasteiger partial charge in [0.25, 0.3) is 5.69 Å². The van der Waals surface area contributed by atoms with Gasteiger partial charge < -0.3 is 16.2 Å². The average molecular weight is 372 g/mol. The van der Waals surface area contributed by atoms with E-state index in [1.165, 1.54) is 24.3 Å².